The molecule has 0 amide bonds. The summed E-state index contributed by atoms with van der Waals surface area (Å²) in [5.41, 5.74) is 0. The minimum atomic E-state index is -4.42. The lowest BCUT2D eigenvalue weighted by molar-refractivity contribution is -0.140. The zero-order chi connectivity index (χ0) is 15.7. The van der Waals surface area contributed by atoms with Crippen molar-refractivity contribution in [1.29, 1.82) is 0 Å². The normalized spacial score (nSPS) is 13.5. The van der Waals surface area contributed by atoms with E-state index in [1.807, 2.05) is 4.72 Å². The third kappa shape index (κ3) is 3.74. The van der Waals surface area contributed by atoms with Crippen molar-refractivity contribution in [3.8, 4) is 0 Å². The highest BCUT2D eigenvalue weighted by molar-refractivity contribution is 9.10. The molecule has 2 N–H and O–H groups in total. The number of carbonyl (C=O) groups is 1. The van der Waals surface area contributed by atoms with Gasteiger partial charge in [0.2, 0.25) is 10.0 Å². The predicted octanol–water partition coefficient (Wildman–Crippen LogP) is 2.11. The number of nitrogens with one attached hydrogen (secondary N) is 1. The van der Waals surface area contributed by atoms with Crippen molar-refractivity contribution in [3.05, 3.63) is 28.2 Å². The van der Waals surface area contributed by atoms with Crippen LogP contribution in [-0.4, -0.2) is 25.5 Å². The molecule has 0 heterocycles. The largest absolute Gasteiger partial charge is 0.480 e. The summed E-state index contributed by atoms with van der Waals surface area (Å²) in [4.78, 5) is 10.1. The molecule has 0 saturated heterocycles. The number of rotatable bonds is 5. The summed E-state index contributed by atoms with van der Waals surface area (Å²) in [5.74, 6) is -4.19. The molecular formula is C11H12BrF2NO4S. The van der Waals surface area contributed by atoms with Crippen LogP contribution in [0.25, 0.3) is 0 Å². The summed E-state index contributed by atoms with van der Waals surface area (Å²) < 4.78 is 52.2. The first-order valence-corrected chi connectivity index (χ1v) is 7.73. The molecule has 0 radical (unpaired) electrons. The molecule has 1 aromatic rings. The summed E-state index contributed by atoms with van der Waals surface area (Å²) in [5, 5.41) is 8.93. The van der Waals surface area contributed by atoms with Crippen LogP contribution in [0.5, 0.6) is 0 Å². The smallest absolute Gasteiger partial charge is 0.322 e. The second-order valence-electron chi connectivity index (χ2n) is 4.38. The van der Waals surface area contributed by atoms with Crippen LogP contribution in [0, 0.1) is 17.6 Å². The number of carboxylic acids is 1. The third-order valence-electron chi connectivity index (χ3n) is 2.48. The first-order valence-electron chi connectivity index (χ1n) is 5.46. The van der Waals surface area contributed by atoms with Gasteiger partial charge in [0.05, 0.1) is 4.47 Å². The molecular weight excluding hydrogens is 360 g/mol. The molecule has 0 aromatic heterocycles. The van der Waals surface area contributed by atoms with Gasteiger partial charge in [0.1, 0.15) is 22.6 Å². The Morgan fingerprint density at radius 2 is 1.85 bits per heavy atom. The number of hydrogen-bond donors (Lipinski definition) is 2. The molecule has 1 aromatic carbocycles. The van der Waals surface area contributed by atoms with E-state index >= 15 is 0 Å². The molecule has 9 heteroatoms. The first-order chi connectivity index (χ1) is 9.06. The number of benzene rings is 1. The van der Waals surface area contributed by atoms with Crippen molar-refractivity contribution >= 4 is 31.9 Å². The van der Waals surface area contributed by atoms with Gasteiger partial charge in [0, 0.05) is 6.07 Å². The number of halogens is 3. The van der Waals surface area contributed by atoms with E-state index in [9.17, 15) is 22.0 Å². The second-order valence-corrected chi connectivity index (χ2v) is 6.91. The Morgan fingerprint density at radius 1 is 1.30 bits per heavy atom. The lowest BCUT2D eigenvalue weighted by Gasteiger charge is -2.18. The molecule has 5 nitrogen and oxygen atoms in total. The van der Waals surface area contributed by atoms with Gasteiger partial charge in [0.15, 0.2) is 0 Å². The Morgan fingerprint density at radius 3 is 2.30 bits per heavy atom. The first kappa shape index (κ1) is 17.0. The van der Waals surface area contributed by atoms with Gasteiger partial charge in [-0.2, -0.15) is 4.72 Å². The molecule has 0 aliphatic rings. The average Bonchev–Trinajstić information content (AvgIpc) is 2.30. The van der Waals surface area contributed by atoms with Gasteiger partial charge < -0.3 is 5.11 Å². The summed E-state index contributed by atoms with van der Waals surface area (Å²) in [7, 11) is -4.42. The molecule has 0 spiro atoms. The average molecular weight is 372 g/mol. The summed E-state index contributed by atoms with van der Waals surface area (Å²) >= 11 is 2.75. The van der Waals surface area contributed by atoms with E-state index in [1.54, 1.807) is 0 Å². The summed E-state index contributed by atoms with van der Waals surface area (Å²) in [6, 6.07) is -0.265. The molecule has 0 unspecified atom stereocenters. The molecule has 0 bridgehead atoms. The number of sulfonamides is 1. The highest BCUT2D eigenvalue weighted by Crippen LogP contribution is 2.24. The van der Waals surface area contributed by atoms with Crippen LogP contribution in [0.15, 0.2) is 21.5 Å². The van der Waals surface area contributed by atoms with E-state index in [4.69, 9.17) is 5.11 Å². The van der Waals surface area contributed by atoms with Crippen molar-refractivity contribution in [2.24, 2.45) is 5.92 Å². The SMILES string of the molecule is CC(C)[C@@H](NS(=O)(=O)c1cc(Br)c(F)cc1F)C(=O)O. The Kier molecular flexibility index (Phi) is 5.22. The Balaban J connectivity index is 3.24. The zero-order valence-corrected chi connectivity index (χ0v) is 12.9. The van der Waals surface area contributed by atoms with Crippen LogP contribution in [0.4, 0.5) is 8.78 Å². The number of hydrogen-bond acceptors (Lipinski definition) is 3. The quantitative estimate of drug-likeness (QED) is 0.776. The molecule has 1 atom stereocenters. The van der Waals surface area contributed by atoms with Gasteiger partial charge in [0.25, 0.3) is 0 Å². The van der Waals surface area contributed by atoms with Crippen LogP contribution in [0.3, 0.4) is 0 Å². The van der Waals surface area contributed by atoms with Crippen LogP contribution < -0.4 is 4.72 Å². The standard InChI is InChI=1S/C11H12BrF2NO4S/c1-5(2)10(11(16)17)15-20(18,19)9-3-6(12)7(13)4-8(9)14/h3-5,10,15H,1-2H3,(H,16,17)/t10-/m1/s1. The van der Waals surface area contributed by atoms with Crippen LogP contribution >= 0.6 is 15.9 Å². The maximum Gasteiger partial charge on any atom is 0.322 e. The fourth-order valence-corrected chi connectivity index (χ4v) is 3.33. The lowest BCUT2D eigenvalue weighted by Crippen LogP contribution is -2.44. The van der Waals surface area contributed by atoms with Crippen molar-refractivity contribution < 1.29 is 27.1 Å². The van der Waals surface area contributed by atoms with Crippen LogP contribution in [0.2, 0.25) is 0 Å². The highest BCUT2D eigenvalue weighted by Gasteiger charge is 2.30. The Bertz CT molecular complexity index is 634. The van der Waals surface area contributed by atoms with Gasteiger partial charge in [-0.1, -0.05) is 13.8 Å². The molecule has 1 rings (SSSR count). The van der Waals surface area contributed by atoms with E-state index < -0.39 is 44.5 Å². The Labute approximate surface area is 123 Å². The van der Waals surface area contributed by atoms with Crippen molar-refractivity contribution in [2.45, 2.75) is 24.8 Å². The molecule has 0 saturated carbocycles. The van der Waals surface area contributed by atoms with E-state index in [0.717, 1.165) is 6.07 Å². The van der Waals surface area contributed by atoms with Gasteiger partial charge in [-0.3, -0.25) is 4.79 Å². The minimum Gasteiger partial charge on any atom is -0.480 e. The van der Waals surface area contributed by atoms with Crippen LogP contribution in [-0.2, 0) is 14.8 Å². The van der Waals surface area contributed by atoms with E-state index in [1.165, 1.54) is 13.8 Å². The van der Waals surface area contributed by atoms with Gasteiger partial charge in [-0.05, 0) is 27.9 Å². The van der Waals surface area contributed by atoms with E-state index in [-0.39, 0.29) is 4.47 Å². The monoisotopic (exact) mass is 371 g/mol. The zero-order valence-electron chi connectivity index (χ0n) is 10.5. The third-order valence-corrected chi connectivity index (χ3v) is 4.54. The molecule has 0 fully saturated rings. The highest BCUT2D eigenvalue weighted by atomic mass is 79.9. The van der Waals surface area contributed by atoms with E-state index in [2.05, 4.69) is 15.9 Å². The van der Waals surface area contributed by atoms with Crippen molar-refractivity contribution in [1.82, 2.24) is 4.72 Å². The number of aliphatic carboxylic acids is 1. The fourth-order valence-electron chi connectivity index (χ4n) is 1.41. The van der Waals surface area contributed by atoms with Gasteiger partial charge in [-0.15, -0.1) is 0 Å². The van der Waals surface area contributed by atoms with Gasteiger partial charge >= 0.3 is 5.97 Å². The van der Waals surface area contributed by atoms with Crippen molar-refractivity contribution in [2.75, 3.05) is 0 Å². The molecule has 0 aliphatic heterocycles. The fraction of sp³-hybridized carbons (Fsp3) is 0.364. The topological polar surface area (TPSA) is 83.5 Å². The van der Waals surface area contributed by atoms with Gasteiger partial charge in [-0.25, -0.2) is 17.2 Å². The Hall–Kier alpha value is -1.06. The second kappa shape index (κ2) is 6.15. The molecule has 112 valence electrons. The maximum atomic E-state index is 13.6. The molecule has 0 aliphatic carbocycles. The molecule has 20 heavy (non-hydrogen) atoms. The lowest BCUT2D eigenvalue weighted by atomic mass is 10.1. The maximum absolute atomic E-state index is 13.6. The summed E-state index contributed by atoms with van der Waals surface area (Å²) in [6.45, 7) is 3.00. The number of carboxylic acid groups (broad SMARTS) is 1. The predicted molar refractivity (Wildman–Crippen MR) is 70.6 cm³/mol. The van der Waals surface area contributed by atoms with Crippen molar-refractivity contribution in [3.63, 3.8) is 0 Å². The van der Waals surface area contributed by atoms with E-state index in [0.29, 0.717) is 6.07 Å². The minimum absolute atomic E-state index is 0.240. The van der Waals surface area contributed by atoms with Crippen LogP contribution in [0.1, 0.15) is 13.8 Å². The summed E-state index contributed by atoms with van der Waals surface area (Å²) in [6.07, 6.45) is 0.